The monoisotopic (exact) mass is 553 g/mol. The van der Waals surface area contributed by atoms with Gasteiger partial charge in [-0.1, -0.05) is 32.9 Å². The molecule has 2 heterocycles. The Morgan fingerprint density at radius 1 is 0.897 bits per heavy atom. The topological polar surface area (TPSA) is 97.4 Å². The van der Waals surface area contributed by atoms with Gasteiger partial charge in [-0.3, -0.25) is 0 Å². The third kappa shape index (κ3) is 9.75. The van der Waals surface area contributed by atoms with E-state index in [9.17, 15) is 4.79 Å². The lowest BCUT2D eigenvalue weighted by atomic mass is 10.1. The maximum absolute atomic E-state index is 11.7. The Balaban J connectivity index is 1.56. The Morgan fingerprint density at radius 3 is 2.33 bits per heavy atom. The quantitative estimate of drug-likeness (QED) is 0.230. The number of benzene rings is 1. The third-order valence-electron chi connectivity index (χ3n) is 6.15. The molecule has 1 aromatic carbocycles. The largest absolute Gasteiger partial charge is 0.444 e. The predicted octanol–water partition coefficient (Wildman–Crippen LogP) is 7.12. The fraction of sp³-hybridized carbons (Fsp3) is 0.433. The first kappa shape index (κ1) is 30.2. The van der Waals surface area contributed by atoms with E-state index in [2.05, 4.69) is 71.3 Å². The summed E-state index contributed by atoms with van der Waals surface area (Å²) in [5.74, 6) is 1.48. The molecule has 0 aliphatic rings. The Morgan fingerprint density at radius 2 is 1.67 bits per heavy atom. The second-order valence-electron chi connectivity index (χ2n) is 11.7. The van der Waals surface area contributed by atoms with Gasteiger partial charge in [-0.15, -0.1) is 10.3 Å². The first-order valence-electron chi connectivity index (χ1n) is 13.1. The normalized spacial score (nSPS) is 12.5. The van der Waals surface area contributed by atoms with Crippen molar-refractivity contribution in [3.63, 3.8) is 0 Å². The van der Waals surface area contributed by atoms with Gasteiger partial charge in [0, 0.05) is 41.5 Å². The van der Waals surface area contributed by atoms with E-state index in [-0.39, 0.29) is 4.75 Å². The van der Waals surface area contributed by atoms with Crippen molar-refractivity contribution < 1.29 is 13.7 Å². The van der Waals surface area contributed by atoms with Gasteiger partial charge in [-0.2, -0.15) is 0 Å². The fourth-order valence-electron chi connectivity index (χ4n) is 3.30. The molecule has 0 atom stereocenters. The third-order valence-corrected chi connectivity index (χ3v) is 9.81. The van der Waals surface area contributed by atoms with Gasteiger partial charge in [-0.05, 0) is 80.8 Å². The summed E-state index contributed by atoms with van der Waals surface area (Å²) >= 11 is 0. The van der Waals surface area contributed by atoms with Crippen molar-refractivity contribution in [1.82, 2.24) is 15.3 Å². The van der Waals surface area contributed by atoms with E-state index in [1.165, 1.54) is 0 Å². The van der Waals surface area contributed by atoms with E-state index in [4.69, 9.17) is 8.92 Å². The molecule has 0 bridgehead atoms. The molecule has 0 unspecified atom stereocenters. The molecule has 2 aromatic heterocycles. The highest BCUT2D eigenvalue weighted by Gasteiger charge is 2.28. The van der Waals surface area contributed by atoms with Gasteiger partial charge in [0.05, 0.1) is 6.61 Å². The van der Waals surface area contributed by atoms with Crippen LogP contribution in [0.15, 0.2) is 60.9 Å². The predicted molar refractivity (Wildman–Crippen MR) is 164 cm³/mol. The molecule has 39 heavy (non-hydrogen) atoms. The minimum absolute atomic E-state index is 0.120. The Kier molecular flexibility index (Phi) is 9.85. The van der Waals surface area contributed by atoms with Gasteiger partial charge in [-0.25, -0.2) is 14.8 Å². The molecule has 0 saturated heterocycles. The molecule has 3 aromatic rings. The molecule has 3 rings (SSSR count). The number of rotatable bonds is 10. The number of hydrogen-bond acceptors (Lipinski definition) is 7. The van der Waals surface area contributed by atoms with Crippen LogP contribution >= 0.6 is 10.3 Å². The second kappa shape index (κ2) is 12.7. The Labute approximate surface area is 234 Å². The van der Waals surface area contributed by atoms with Crippen LogP contribution in [0.1, 0.15) is 47.1 Å². The molecule has 3 N–H and O–H groups in total. The van der Waals surface area contributed by atoms with Gasteiger partial charge in [0.1, 0.15) is 17.2 Å². The molecule has 0 aliphatic heterocycles. The highest BCUT2D eigenvalue weighted by molar-refractivity contribution is 8.29. The number of aromatic nitrogens is 2. The van der Waals surface area contributed by atoms with Gasteiger partial charge in [0.15, 0.2) is 0 Å². The van der Waals surface area contributed by atoms with Gasteiger partial charge >= 0.3 is 6.09 Å². The number of nitrogens with one attached hydrogen (secondary N) is 3. The van der Waals surface area contributed by atoms with Gasteiger partial charge in [0.25, 0.3) is 0 Å². The highest BCUT2D eigenvalue weighted by atomic mass is 32.3. The number of anilines is 3. The van der Waals surface area contributed by atoms with Gasteiger partial charge in [0.2, 0.25) is 0 Å². The Hall–Kier alpha value is -3.30. The van der Waals surface area contributed by atoms with E-state index < -0.39 is 22.0 Å². The van der Waals surface area contributed by atoms with Crippen molar-refractivity contribution >= 4 is 33.7 Å². The molecule has 1 amide bonds. The van der Waals surface area contributed by atoms with Gasteiger partial charge < -0.3 is 24.9 Å². The van der Waals surface area contributed by atoms with Crippen LogP contribution in [0.2, 0.25) is 0 Å². The van der Waals surface area contributed by atoms with Crippen molar-refractivity contribution in [3.8, 4) is 11.1 Å². The summed E-state index contributed by atoms with van der Waals surface area (Å²) in [5, 5.41) is 9.34. The van der Waals surface area contributed by atoms with Crippen LogP contribution in [-0.2, 0) is 15.5 Å². The SMILES string of the molecule is CC(C)(C)OC(=O)NCCNc1ccc(-c2ccnc(Nc3cccc(COS(C)(C)C(C)(C)C)c3)c2)cn1. The summed E-state index contributed by atoms with van der Waals surface area (Å²) in [6.07, 6.45) is 7.60. The fourth-order valence-corrected chi connectivity index (χ4v) is 4.08. The number of carbonyl (C=O) groups is 1. The van der Waals surface area contributed by atoms with E-state index in [0.717, 1.165) is 34.0 Å². The molecular formula is C30H43N5O3S. The minimum Gasteiger partial charge on any atom is -0.444 e. The zero-order chi connectivity index (χ0) is 28.7. The number of hydrogen-bond donors (Lipinski definition) is 3. The average Bonchev–Trinajstić information content (AvgIpc) is 2.84. The van der Waals surface area contributed by atoms with Crippen LogP contribution < -0.4 is 16.0 Å². The van der Waals surface area contributed by atoms with Crippen molar-refractivity contribution in [2.45, 2.75) is 58.5 Å². The number of carbonyl (C=O) groups excluding carboxylic acids is 1. The average molecular weight is 554 g/mol. The lowest BCUT2D eigenvalue weighted by Gasteiger charge is -2.43. The van der Waals surface area contributed by atoms with Crippen LogP contribution in [0.3, 0.4) is 0 Å². The maximum atomic E-state index is 11.7. The summed E-state index contributed by atoms with van der Waals surface area (Å²) in [7, 11) is -1.19. The standard InChI is InChI=1S/C30H43N5O3S/c1-29(2,3)38-28(36)33-17-16-32-26-13-12-24(20-34-26)23-14-15-31-27(19-23)35-25-11-9-10-22(18-25)21-37-39(7,8)30(4,5)6/h9-15,18-20H,16-17,21H2,1-8H3,(H,31,35)(H,32,34)(H,33,36). The van der Waals surface area contributed by atoms with Crippen molar-refractivity contribution in [1.29, 1.82) is 0 Å². The first-order chi connectivity index (χ1) is 18.2. The Bertz CT molecular complexity index is 1230. The van der Waals surface area contributed by atoms with Crippen LogP contribution in [0.25, 0.3) is 11.1 Å². The first-order valence-corrected chi connectivity index (χ1v) is 15.5. The summed E-state index contributed by atoms with van der Waals surface area (Å²) in [6.45, 7) is 13.7. The zero-order valence-electron chi connectivity index (χ0n) is 24.4. The molecule has 0 radical (unpaired) electrons. The molecule has 212 valence electrons. The second-order valence-corrected chi connectivity index (χ2v) is 15.6. The molecule has 9 heteroatoms. The van der Waals surface area contributed by atoms with Crippen molar-refractivity contribution in [3.05, 3.63) is 66.5 Å². The van der Waals surface area contributed by atoms with E-state index in [1.54, 1.807) is 6.20 Å². The number of pyridine rings is 2. The molecule has 8 nitrogen and oxygen atoms in total. The lowest BCUT2D eigenvalue weighted by Crippen LogP contribution is -2.35. The van der Waals surface area contributed by atoms with Crippen LogP contribution in [0.5, 0.6) is 0 Å². The van der Waals surface area contributed by atoms with Crippen molar-refractivity contribution in [2.75, 3.05) is 36.2 Å². The van der Waals surface area contributed by atoms with Crippen LogP contribution in [0.4, 0.5) is 22.1 Å². The molecule has 0 spiro atoms. The smallest absolute Gasteiger partial charge is 0.407 e. The van der Waals surface area contributed by atoms with Crippen LogP contribution in [0, 0.1) is 0 Å². The highest BCUT2D eigenvalue weighted by Crippen LogP contribution is 2.54. The molecule has 0 saturated carbocycles. The lowest BCUT2D eigenvalue weighted by molar-refractivity contribution is 0.0530. The number of amides is 1. The maximum Gasteiger partial charge on any atom is 0.407 e. The van der Waals surface area contributed by atoms with E-state index in [0.29, 0.717) is 19.7 Å². The zero-order valence-corrected chi connectivity index (χ0v) is 25.2. The molecule has 0 aliphatic carbocycles. The number of ether oxygens (including phenoxy) is 1. The number of nitrogens with zero attached hydrogens (tertiary/aromatic N) is 2. The molecule has 0 fully saturated rings. The summed E-state index contributed by atoms with van der Waals surface area (Å²) in [6, 6.07) is 16.1. The molecular weight excluding hydrogens is 510 g/mol. The summed E-state index contributed by atoms with van der Waals surface area (Å²) < 4.78 is 11.7. The summed E-state index contributed by atoms with van der Waals surface area (Å²) in [5.41, 5.74) is 3.55. The van der Waals surface area contributed by atoms with Crippen LogP contribution in [-0.4, -0.2) is 52.0 Å². The van der Waals surface area contributed by atoms with E-state index >= 15 is 0 Å². The van der Waals surface area contributed by atoms with Crippen molar-refractivity contribution in [2.24, 2.45) is 0 Å². The number of alkyl carbamates (subject to hydrolysis) is 1. The van der Waals surface area contributed by atoms with E-state index in [1.807, 2.05) is 63.4 Å². The summed E-state index contributed by atoms with van der Waals surface area (Å²) in [4.78, 5) is 20.7. The minimum atomic E-state index is -1.19.